The van der Waals surface area contributed by atoms with E-state index in [2.05, 4.69) is 13.2 Å². The summed E-state index contributed by atoms with van der Waals surface area (Å²) in [6.45, 7) is 17.7. The maximum Gasteiger partial charge on any atom is 0.248 e. The van der Waals surface area contributed by atoms with Crippen molar-refractivity contribution in [3.05, 3.63) is 25.3 Å². The van der Waals surface area contributed by atoms with Gasteiger partial charge in [-0.15, -0.1) is 13.2 Å². The maximum absolute atomic E-state index is 14.2. The predicted octanol–water partition coefficient (Wildman–Crippen LogP) is 2.23. The van der Waals surface area contributed by atoms with Crippen LogP contribution in [0.4, 0.5) is 0 Å². The predicted molar refractivity (Wildman–Crippen MR) is 134 cm³/mol. The Balaban J connectivity index is 2.20. The molecule has 196 valence electrons. The highest BCUT2D eigenvalue weighted by Gasteiger charge is 2.79. The second kappa shape index (κ2) is 10.1. The second-order valence-electron chi connectivity index (χ2n) is 11.0. The first kappa shape index (κ1) is 27.4. The summed E-state index contributed by atoms with van der Waals surface area (Å²) in [6.07, 6.45) is 5.04. The van der Waals surface area contributed by atoms with E-state index in [-0.39, 0.29) is 36.3 Å². The highest BCUT2D eigenvalue weighted by molar-refractivity contribution is 5.99. The van der Waals surface area contributed by atoms with Crippen LogP contribution in [-0.2, 0) is 19.1 Å². The smallest absolute Gasteiger partial charge is 0.248 e. The molecule has 3 fully saturated rings. The zero-order valence-corrected chi connectivity index (χ0v) is 22.2. The van der Waals surface area contributed by atoms with Gasteiger partial charge in [-0.05, 0) is 39.0 Å². The van der Waals surface area contributed by atoms with Gasteiger partial charge < -0.3 is 24.5 Å². The van der Waals surface area contributed by atoms with Crippen molar-refractivity contribution < 1.29 is 24.2 Å². The fraction of sp³-hybridized carbons (Fsp3) is 0.741. The summed E-state index contributed by atoms with van der Waals surface area (Å²) in [7, 11) is 1.71. The van der Waals surface area contributed by atoms with Crippen molar-refractivity contribution in [3.8, 4) is 0 Å². The van der Waals surface area contributed by atoms with Crippen molar-refractivity contribution >= 4 is 17.7 Å². The first-order valence-electron chi connectivity index (χ1n) is 12.9. The van der Waals surface area contributed by atoms with E-state index in [0.717, 1.165) is 0 Å². The second-order valence-corrected chi connectivity index (χ2v) is 11.0. The van der Waals surface area contributed by atoms with Crippen molar-refractivity contribution in [3.63, 3.8) is 0 Å². The number of likely N-dealkylation sites (N-methyl/N-ethyl adjacent to an activating group) is 1. The van der Waals surface area contributed by atoms with Crippen LogP contribution in [0, 0.1) is 17.8 Å². The van der Waals surface area contributed by atoms with Gasteiger partial charge in [-0.1, -0.05) is 32.9 Å². The SMILES string of the molecule is C=CCN(C)C(=O)[C@@H]1[C@H]2C(=O)N([C@@H](CO)C(C)C)C(C(=O)N(CC=C)C(C)C)C23CC[C@@]1(CC)O3. The summed E-state index contributed by atoms with van der Waals surface area (Å²) < 4.78 is 6.81. The van der Waals surface area contributed by atoms with Gasteiger partial charge in [0.1, 0.15) is 11.6 Å². The van der Waals surface area contributed by atoms with E-state index in [1.165, 1.54) is 0 Å². The molecule has 8 heteroatoms. The van der Waals surface area contributed by atoms with Crippen LogP contribution in [0.3, 0.4) is 0 Å². The molecule has 3 amide bonds. The number of aliphatic hydroxyl groups is 1. The number of likely N-dealkylation sites (tertiary alicyclic amines) is 1. The standard InChI is InChI=1S/C27H43N3O5/c1-9-14-28(8)23(32)20-21-24(33)30(19(16-31)17(4)5)22(25(34)29(15-10-2)18(6)7)27(21)13-12-26(20,11-3)35-27/h9-10,17-22,31H,1-2,11-16H2,3-8H3/t19-,20-,21-,22?,26+,27?/m0/s1. The average Bonchev–Trinajstić information content (AvgIpc) is 3.41. The van der Waals surface area contributed by atoms with Crippen LogP contribution in [0.2, 0.25) is 0 Å². The Morgan fingerprint density at radius 3 is 2.29 bits per heavy atom. The number of amides is 3. The number of nitrogens with zero attached hydrogens (tertiary/aromatic N) is 3. The molecule has 3 heterocycles. The van der Waals surface area contributed by atoms with Gasteiger partial charge in [-0.25, -0.2) is 0 Å². The number of ether oxygens (including phenoxy) is 1. The molecule has 1 spiro atoms. The van der Waals surface area contributed by atoms with Crippen LogP contribution >= 0.6 is 0 Å². The Morgan fingerprint density at radius 2 is 1.80 bits per heavy atom. The average molecular weight is 490 g/mol. The van der Waals surface area contributed by atoms with Gasteiger partial charge in [-0.3, -0.25) is 14.4 Å². The molecule has 0 aliphatic carbocycles. The van der Waals surface area contributed by atoms with Gasteiger partial charge >= 0.3 is 0 Å². The van der Waals surface area contributed by atoms with Gasteiger partial charge in [0.2, 0.25) is 17.7 Å². The maximum atomic E-state index is 14.2. The number of fused-ring (bicyclic) bond motifs is 1. The van der Waals surface area contributed by atoms with Crippen molar-refractivity contribution in [2.45, 2.75) is 83.2 Å². The topological polar surface area (TPSA) is 90.4 Å². The molecule has 0 aromatic rings. The number of aliphatic hydroxyl groups excluding tert-OH is 1. The molecule has 3 saturated heterocycles. The molecule has 6 atom stereocenters. The Morgan fingerprint density at radius 1 is 1.17 bits per heavy atom. The summed E-state index contributed by atoms with van der Waals surface area (Å²) in [4.78, 5) is 47.1. The van der Waals surface area contributed by atoms with E-state index in [1.807, 2.05) is 34.6 Å². The van der Waals surface area contributed by atoms with Gasteiger partial charge in [-0.2, -0.15) is 0 Å². The first-order valence-corrected chi connectivity index (χ1v) is 12.9. The first-order chi connectivity index (χ1) is 16.5. The van der Waals surface area contributed by atoms with Crippen LogP contribution in [0.1, 0.15) is 53.9 Å². The van der Waals surface area contributed by atoms with Crippen molar-refractivity contribution in [2.75, 3.05) is 26.7 Å². The number of rotatable bonds is 11. The van der Waals surface area contributed by atoms with Crippen LogP contribution in [0.25, 0.3) is 0 Å². The van der Waals surface area contributed by atoms with Crippen LogP contribution < -0.4 is 0 Å². The molecule has 0 aromatic carbocycles. The quantitative estimate of drug-likeness (QED) is 0.450. The molecule has 3 aliphatic rings. The van der Waals surface area contributed by atoms with Gasteiger partial charge in [0.25, 0.3) is 0 Å². The number of hydrogen-bond donors (Lipinski definition) is 1. The molecule has 0 saturated carbocycles. The summed E-state index contributed by atoms with van der Waals surface area (Å²) in [5.41, 5.74) is -1.89. The Hall–Kier alpha value is -2.19. The lowest BCUT2D eigenvalue weighted by Gasteiger charge is -2.41. The largest absolute Gasteiger partial charge is 0.394 e. The third kappa shape index (κ3) is 4.02. The van der Waals surface area contributed by atoms with E-state index in [9.17, 15) is 19.5 Å². The third-order valence-corrected chi connectivity index (χ3v) is 8.44. The zero-order chi connectivity index (χ0) is 26.3. The molecule has 1 N–H and O–H groups in total. The molecular weight excluding hydrogens is 446 g/mol. The molecule has 35 heavy (non-hydrogen) atoms. The van der Waals surface area contributed by atoms with Gasteiger partial charge in [0, 0.05) is 26.2 Å². The minimum atomic E-state index is -1.10. The van der Waals surface area contributed by atoms with E-state index >= 15 is 0 Å². The lowest BCUT2D eigenvalue weighted by atomic mass is 9.64. The van der Waals surface area contributed by atoms with E-state index in [0.29, 0.717) is 32.4 Å². The Bertz CT molecular complexity index is 873. The van der Waals surface area contributed by atoms with Crippen molar-refractivity contribution in [2.24, 2.45) is 17.8 Å². The molecular formula is C27H43N3O5. The summed E-state index contributed by atoms with van der Waals surface area (Å²) >= 11 is 0. The van der Waals surface area contributed by atoms with Crippen LogP contribution in [0.5, 0.6) is 0 Å². The molecule has 0 radical (unpaired) electrons. The fourth-order valence-corrected chi connectivity index (χ4v) is 6.66. The molecule has 3 aliphatic heterocycles. The minimum Gasteiger partial charge on any atom is -0.394 e. The van der Waals surface area contributed by atoms with E-state index in [4.69, 9.17) is 4.74 Å². The molecule has 2 bridgehead atoms. The van der Waals surface area contributed by atoms with Crippen molar-refractivity contribution in [1.82, 2.24) is 14.7 Å². The summed E-state index contributed by atoms with van der Waals surface area (Å²) in [6, 6.07) is -1.58. The monoisotopic (exact) mass is 489 g/mol. The molecule has 0 aromatic heterocycles. The molecule has 8 nitrogen and oxygen atoms in total. The van der Waals surface area contributed by atoms with Gasteiger partial charge in [0.15, 0.2) is 0 Å². The molecule has 3 rings (SSSR count). The summed E-state index contributed by atoms with van der Waals surface area (Å²) in [5.74, 6) is -2.17. The summed E-state index contributed by atoms with van der Waals surface area (Å²) in [5, 5.41) is 10.3. The van der Waals surface area contributed by atoms with Gasteiger partial charge in [0.05, 0.1) is 30.1 Å². The highest BCUT2D eigenvalue weighted by atomic mass is 16.5. The van der Waals surface area contributed by atoms with Crippen LogP contribution in [-0.4, -0.2) is 93.6 Å². The number of hydrogen-bond acceptors (Lipinski definition) is 5. The lowest BCUT2D eigenvalue weighted by molar-refractivity contribution is -0.159. The zero-order valence-electron chi connectivity index (χ0n) is 22.2. The number of carbonyl (C=O) groups excluding carboxylic acids is 3. The van der Waals surface area contributed by atoms with Crippen molar-refractivity contribution in [1.29, 1.82) is 0 Å². The number of carbonyl (C=O) groups is 3. The molecule has 2 unspecified atom stereocenters. The Labute approximate surface area is 210 Å². The fourth-order valence-electron chi connectivity index (χ4n) is 6.66. The normalized spacial score (nSPS) is 32.2. The van der Waals surface area contributed by atoms with E-state index < -0.39 is 35.1 Å². The highest BCUT2D eigenvalue weighted by Crippen LogP contribution is 2.65. The van der Waals surface area contributed by atoms with Crippen LogP contribution in [0.15, 0.2) is 25.3 Å². The Kier molecular flexibility index (Phi) is 7.87. The third-order valence-electron chi connectivity index (χ3n) is 8.44. The minimum absolute atomic E-state index is 0.0868. The van der Waals surface area contributed by atoms with E-state index in [1.54, 1.807) is 33.9 Å². The lowest BCUT2D eigenvalue weighted by Crippen LogP contribution is -2.60.